The van der Waals surface area contributed by atoms with E-state index in [9.17, 15) is 9.59 Å². The zero-order valence-electron chi connectivity index (χ0n) is 15.7. The summed E-state index contributed by atoms with van der Waals surface area (Å²) in [6, 6.07) is 13.3. The summed E-state index contributed by atoms with van der Waals surface area (Å²) in [4.78, 5) is 36.0. The number of hydrogen-bond acceptors (Lipinski definition) is 7. The van der Waals surface area contributed by atoms with Crippen molar-refractivity contribution in [1.82, 2.24) is 25.1 Å². The fraction of sp³-hybridized carbons (Fsp3) is 0.150. The molecule has 0 aliphatic carbocycles. The van der Waals surface area contributed by atoms with Crippen molar-refractivity contribution in [3.05, 3.63) is 69.8 Å². The molecular weight excluding hydrogens is 390 g/mol. The van der Waals surface area contributed by atoms with E-state index >= 15 is 0 Å². The van der Waals surface area contributed by atoms with E-state index in [0.29, 0.717) is 16.6 Å². The molecule has 1 aromatic carbocycles. The molecule has 2 N–H and O–H groups in total. The van der Waals surface area contributed by atoms with Gasteiger partial charge in [0.25, 0.3) is 5.56 Å². The number of aromatic nitrogens is 5. The Morgan fingerprint density at radius 3 is 2.72 bits per heavy atom. The Labute approximate surface area is 169 Å². The number of esters is 1. The second-order valence-electron chi connectivity index (χ2n) is 6.31. The van der Waals surface area contributed by atoms with Crippen molar-refractivity contribution in [3.63, 3.8) is 0 Å². The number of carbonyl (C=O) groups excluding carboxylic acids is 1. The number of ether oxygens (including phenoxy) is 1. The molecule has 0 saturated heterocycles. The molecule has 0 unspecified atom stereocenters. The average Bonchev–Trinajstić information content (AvgIpc) is 3.20. The van der Waals surface area contributed by atoms with E-state index in [-0.39, 0.29) is 16.6 Å². The number of rotatable bonds is 5. The van der Waals surface area contributed by atoms with Gasteiger partial charge in [-0.3, -0.25) is 9.89 Å². The highest BCUT2D eigenvalue weighted by Crippen LogP contribution is 2.23. The monoisotopic (exact) mass is 407 g/mol. The standard InChI is InChI=1S/C20H17N5O3S/c1-11-8-14(19(27)28-2)16-17(21-11)22-20(23-18(16)26)29-10-13-9-15(25-24-13)12-6-4-3-5-7-12/h3-9H,10H2,1-2H3,(H,24,25)(H,21,22,23,26). The summed E-state index contributed by atoms with van der Waals surface area (Å²) in [5.41, 5.74) is 3.28. The molecule has 4 rings (SSSR count). The van der Waals surface area contributed by atoms with Gasteiger partial charge in [0.15, 0.2) is 10.8 Å². The van der Waals surface area contributed by atoms with Gasteiger partial charge in [-0.25, -0.2) is 14.8 Å². The molecule has 0 aliphatic heterocycles. The highest BCUT2D eigenvalue weighted by molar-refractivity contribution is 7.98. The lowest BCUT2D eigenvalue weighted by molar-refractivity contribution is 0.0602. The molecule has 0 atom stereocenters. The van der Waals surface area contributed by atoms with Crippen LogP contribution >= 0.6 is 11.8 Å². The molecule has 0 amide bonds. The number of nitrogens with zero attached hydrogens (tertiary/aromatic N) is 3. The second-order valence-corrected chi connectivity index (χ2v) is 7.27. The summed E-state index contributed by atoms with van der Waals surface area (Å²) in [6.45, 7) is 1.73. The fourth-order valence-electron chi connectivity index (χ4n) is 2.92. The Morgan fingerprint density at radius 2 is 1.97 bits per heavy atom. The van der Waals surface area contributed by atoms with Crippen LogP contribution < -0.4 is 5.56 Å². The molecule has 4 aromatic rings. The molecule has 3 aromatic heterocycles. The largest absolute Gasteiger partial charge is 0.465 e. The van der Waals surface area contributed by atoms with Crippen molar-refractivity contribution in [3.8, 4) is 11.3 Å². The van der Waals surface area contributed by atoms with Crippen LogP contribution in [-0.2, 0) is 10.5 Å². The van der Waals surface area contributed by atoms with Gasteiger partial charge in [0.05, 0.1) is 23.8 Å². The van der Waals surface area contributed by atoms with E-state index in [1.165, 1.54) is 24.9 Å². The molecule has 0 radical (unpaired) electrons. The van der Waals surface area contributed by atoms with Crippen LogP contribution in [0.1, 0.15) is 21.7 Å². The molecule has 146 valence electrons. The maximum absolute atomic E-state index is 12.6. The smallest absolute Gasteiger partial charge is 0.338 e. The van der Waals surface area contributed by atoms with Crippen molar-refractivity contribution in [1.29, 1.82) is 0 Å². The Kier molecular flexibility index (Phi) is 5.13. The third-order valence-electron chi connectivity index (χ3n) is 4.25. The molecule has 0 saturated carbocycles. The van der Waals surface area contributed by atoms with E-state index in [2.05, 4.69) is 25.1 Å². The molecule has 0 fully saturated rings. The van der Waals surface area contributed by atoms with Gasteiger partial charge in [-0.1, -0.05) is 42.1 Å². The number of pyridine rings is 1. The summed E-state index contributed by atoms with van der Waals surface area (Å²) in [5, 5.41) is 7.86. The highest BCUT2D eigenvalue weighted by atomic mass is 32.2. The average molecular weight is 407 g/mol. The first-order valence-electron chi connectivity index (χ1n) is 8.77. The Bertz CT molecular complexity index is 1250. The Morgan fingerprint density at radius 1 is 1.17 bits per heavy atom. The second kappa shape index (κ2) is 7.88. The first kappa shape index (κ1) is 18.9. The van der Waals surface area contributed by atoms with Crippen LogP contribution in [0.4, 0.5) is 0 Å². The molecule has 9 heteroatoms. The number of thioether (sulfide) groups is 1. The number of benzene rings is 1. The minimum absolute atomic E-state index is 0.125. The van der Waals surface area contributed by atoms with E-state index in [4.69, 9.17) is 4.74 Å². The SMILES string of the molecule is COC(=O)c1cc(C)nc2nc(SCc3cc(-c4ccccc4)n[nH]3)[nH]c(=O)c12. The third kappa shape index (κ3) is 3.90. The van der Waals surface area contributed by atoms with Gasteiger partial charge in [-0.15, -0.1) is 0 Å². The quantitative estimate of drug-likeness (QED) is 0.297. The predicted octanol–water partition coefficient (Wildman–Crippen LogP) is 3.10. The van der Waals surface area contributed by atoms with Crippen LogP contribution in [-0.4, -0.2) is 38.2 Å². The normalized spacial score (nSPS) is 11.0. The van der Waals surface area contributed by atoms with Crippen molar-refractivity contribution >= 4 is 28.8 Å². The topological polar surface area (TPSA) is 114 Å². The van der Waals surface area contributed by atoms with E-state index in [1.807, 2.05) is 36.4 Å². The lowest BCUT2D eigenvalue weighted by Gasteiger charge is -2.06. The number of nitrogens with one attached hydrogen (secondary N) is 2. The van der Waals surface area contributed by atoms with Crippen LogP contribution in [0.15, 0.2) is 52.4 Å². The van der Waals surface area contributed by atoms with Crippen LogP contribution in [0.2, 0.25) is 0 Å². The first-order valence-corrected chi connectivity index (χ1v) is 9.76. The van der Waals surface area contributed by atoms with Crippen molar-refractivity contribution in [2.24, 2.45) is 0 Å². The number of H-pyrrole nitrogens is 2. The van der Waals surface area contributed by atoms with E-state index in [1.54, 1.807) is 6.92 Å². The predicted molar refractivity (Wildman–Crippen MR) is 110 cm³/mol. The van der Waals surface area contributed by atoms with E-state index in [0.717, 1.165) is 17.0 Å². The number of hydrogen-bond donors (Lipinski definition) is 2. The number of methoxy groups -OCH3 is 1. The zero-order chi connectivity index (χ0) is 20.4. The van der Waals surface area contributed by atoms with Crippen molar-refractivity contribution < 1.29 is 9.53 Å². The van der Waals surface area contributed by atoms with Gasteiger partial charge in [0.1, 0.15) is 0 Å². The Hall–Kier alpha value is -3.46. The molecule has 0 bridgehead atoms. The zero-order valence-corrected chi connectivity index (χ0v) is 16.5. The van der Waals surface area contributed by atoms with Gasteiger partial charge >= 0.3 is 5.97 Å². The van der Waals surface area contributed by atoms with Crippen molar-refractivity contribution in [2.75, 3.05) is 7.11 Å². The summed E-state index contributed by atoms with van der Waals surface area (Å²) >= 11 is 1.34. The summed E-state index contributed by atoms with van der Waals surface area (Å²) in [5.74, 6) is -0.0664. The summed E-state index contributed by atoms with van der Waals surface area (Å²) < 4.78 is 4.77. The minimum atomic E-state index is -0.598. The fourth-order valence-corrected chi connectivity index (χ4v) is 3.68. The lowest BCUT2D eigenvalue weighted by atomic mass is 10.1. The number of fused-ring (bicyclic) bond motifs is 1. The maximum atomic E-state index is 12.6. The molecule has 0 spiro atoms. The van der Waals surface area contributed by atoms with Gasteiger partial charge in [0.2, 0.25) is 0 Å². The maximum Gasteiger partial charge on any atom is 0.338 e. The van der Waals surface area contributed by atoms with Crippen LogP contribution in [0.25, 0.3) is 22.3 Å². The first-order chi connectivity index (χ1) is 14.0. The summed E-state index contributed by atoms with van der Waals surface area (Å²) in [7, 11) is 1.27. The van der Waals surface area contributed by atoms with Crippen LogP contribution in [0.5, 0.6) is 0 Å². The van der Waals surface area contributed by atoms with Gasteiger partial charge < -0.3 is 9.72 Å². The number of aromatic amines is 2. The number of aryl methyl sites for hydroxylation is 1. The Balaban J connectivity index is 1.60. The minimum Gasteiger partial charge on any atom is -0.465 e. The summed E-state index contributed by atoms with van der Waals surface area (Å²) in [6.07, 6.45) is 0. The van der Waals surface area contributed by atoms with Crippen LogP contribution in [0, 0.1) is 6.92 Å². The van der Waals surface area contributed by atoms with Crippen LogP contribution in [0.3, 0.4) is 0 Å². The highest BCUT2D eigenvalue weighted by Gasteiger charge is 2.17. The molecule has 0 aliphatic rings. The molecule has 3 heterocycles. The van der Waals surface area contributed by atoms with Gasteiger partial charge in [0, 0.05) is 22.7 Å². The molecule has 29 heavy (non-hydrogen) atoms. The molecular formula is C20H17N5O3S. The van der Waals surface area contributed by atoms with Gasteiger partial charge in [-0.2, -0.15) is 5.10 Å². The van der Waals surface area contributed by atoms with Crippen molar-refractivity contribution in [2.45, 2.75) is 17.8 Å². The number of carbonyl (C=O) groups is 1. The van der Waals surface area contributed by atoms with E-state index < -0.39 is 11.5 Å². The lowest BCUT2D eigenvalue weighted by Crippen LogP contribution is -2.16. The molecule has 8 nitrogen and oxygen atoms in total. The van der Waals surface area contributed by atoms with Gasteiger partial charge in [-0.05, 0) is 19.1 Å². The third-order valence-corrected chi connectivity index (χ3v) is 5.18.